The summed E-state index contributed by atoms with van der Waals surface area (Å²) in [5.41, 5.74) is 4.59. The van der Waals surface area contributed by atoms with Crippen LogP contribution < -0.4 is 10.1 Å². The third-order valence-corrected chi connectivity index (χ3v) is 4.15. The summed E-state index contributed by atoms with van der Waals surface area (Å²) in [5.74, 6) is 0.468. The summed E-state index contributed by atoms with van der Waals surface area (Å²) >= 11 is 0. The second kappa shape index (κ2) is 7.41. The largest absolute Gasteiger partial charge is 0.434 e. The molecule has 0 aliphatic carbocycles. The Morgan fingerprint density at radius 1 is 0.963 bits per heavy atom. The van der Waals surface area contributed by atoms with E-state index in [1.807, 2.05) is 52.0 Å². The maximum absolute atomic E-state index is 11.7. The van der Waals surface area contributed by atoms with Gasteiger partial charge in [0, 0.05) is 5.69 Å². The van der Waals surface area contributed by atoms with E-state index in [1.54, 1.807) is 12.1 Å². The molecule has 0 fully saturated rings. The van der Waals surface area contributed by atoms with Crippen LogP contribution in [-0.4, -0.2) is 14.9 Å². The first kappa shape index (κ1) is 18.3. The number of hydrogen-bond donors (Lipinski definition) is 1. The first-order chi connectivity index (χ1) is 12.8. The van der Waals surface area contributed by atoms with E-state index in [0.29, 0.717) is 11.4 Å². The first-order valence-corrected chi connectivity index (χ1v) is 8.43. The van der Waals surface area contributed by atoms with E-state index in [9.17, 15) is 10.1 Å². The number of rotatable bonds is 5. The number of nitrogens with zero attached hydrogens (tertiary/aromatic N) is 3. The average Bonchev–Trinajstić information content (AvgIpc) is 2.57. The van der Waals surface area contributed by atoms with Crippen molar-refractivity contribution in [3.05, 3.63) is 75.1 Å². The van der Waals surface area contributed by atoms with Crippen LogP contribution >= 0.6 is 0 Å². The van der Waals surface area contributed by atoms with E-state index in [-0.39, 0.29) is 17.4 Å². The molecule has 0 saturated carbocycles. The SMILES string of the molecule is Cc1cc(C)cc(Oc2ncnc(Nc3ccc(C)c(C)c3)c2[N+](=O)[O-])c1. The Morgan fingerprint density at radius 2 is 1.67 bits per heavy atom. The van der Waals surface area contributed by atoms with Crippen LogP contribution in [0.25, 0.3) is 0 Å². The zero-order valence-electron chi connectivity index (χ0n) is 15.6. The minimum absolute atomic E-state index is 0.0811. The van der Waals surface area contributed by atoms with Gasteiger partial charge in [0.05, 0.1) is 4.92 Å². The van der Waals surface area contributed by atoms with Crippen molar-refractivity contribution in [2.45, 2.75) is 27.7 Å². The molecule has 0 aliphatic heterocycles. The van der Waals surface area contributed by atoms with Gasteiger partial charge in [-0.2, -0.15) is 4.98 Å². The zero-order chi connectivity index (χ0) is 19.6. The summed E-state index contributed by atoms with van der Waals surface area (Å²) < 4.78 is 5.72. The molecule has 7 heteroatoms. The van der Waals surface area contributed by atoms with Gasteiger partial charge in [-0.05, 0) is 74.2 Å². The summed E-state index contributed by atoms with van der Waals surface area (Å²) in [7, 11) is 0. The molecule has 1 heterocycles. The van der Waals surface area contributed by atoms with Gasteiger partial charge in [0.2, 0.25) is 5.82 Å². The third-order valence-electron chi connectivity index (χ3n) is 4.15. The van der Waals surface area contributed by atoms with E-state index in [2.05, 4.69) is 15.3 Å². The number of benzene rings is 2. The molecule has 0 bridgehead atoms. The molecule has 0 amide bonds. The van der Waals surface area contributed by atoms with Gasteiger partial charge >= 0.3 is 11.6 Å². The Kier molecular flexibility index (Phi) is 5.03. The van der Waals surface area contributed by atoms with E-state index < -0.39 is 4.92 Å². The van der Waals surface area contributed by atoms with E-state index in [4.69, 9.17) is 4.74 Å². The van der Waals surface area contributed by atoms with Crippen molar-refractivity contribution in [1.29, 1.82) is 0 Å². The highest BCUT2D eigenvalue weighted by Gasteiger charge is 2.25. The summed E-state index contributed by atoms with van der Waals surface area (Å²) in [4.78, 5) is 19.2. The fourth-order valence-corrected chi connectivity index (χ4v) is 2.75. The lowest BCUT2D eigenvalue weighted by atomic mass is 10.1. The molecule has 2 aromatic carbocycles. The Labute approximate surface area is 157 Å². The highest BCUT2D eigenvalue weighted by atomic mass is 16.6. The second-order valence-electron chi connectivity index (χ2n) is 6.48. The molecule has 0 atom stereocenters. The fraction of sp³-hybridized carbons (Fsp3) is 0.200. The Morgan fingerprint density at radius 3 is 2.30 bits per heavy atom. The highest BCUT2D eigenvalue weighted by Crippen LogP contribution is 2.36. The van der Waals surface area contributed by atoms with Crippen molar-refractivity contribution in [1.82, 2.24) is 9.97 Å². The van der Waals surface area contributed by atoms with Crippen LogP contribution in [0.4, 0.5) is 17.2 Å². The number of hydrogen-bond acceptors (Lipinski definition) is 6. The molecule has 0 aliphatic rings. The molecular formula is C20H20N4O3. The molecule has 0 unspecified atom stereocenters. The van der Waals surface area contributed by atoms with Gasteiger partial charge in [-0.15, -0.1) is 0 Å². The van der Waals surface area contributed by atoms with Gasteiger partial charge in [-0.3, -0.25) is 10.1 Å². The van der Waals surface area contributed by atoms with Crippen LogP contribution in [0.1, 0.15) is 22.3 Å². The van der Waals surface area contributed by atoms with Crippen LogP contribution in [0.15, 0.2) is 42.7 Å². The van der Waals surface area contributed by atoms with Gasteiger partial charge in [-0.25, -0.2) is 4.98 Å². The molecule has 1 N–H and O–H groups in total. The molecule has 3 rings (SSSR count). The van der Waals surface area contributed by atoms with Gasteiger partial charge in [0.1, 0.15) is 12.1 Å². The van der Waals surface area contributed by atoms with Gasteiger partial charge in [-0.1, -0.05) is 12.1 Å². The minimum Gasteiger partial charge on any atom is -0.434 e. The topological polar surface area (TPSA) is 90.2 Å². The van der Waals surface area contributed by atoms with Crippen LogP contribution in [0, 0.1) is 37.8 Å². The number of anilines is 2. The molecular weight excluding hydrogens is 344 g/mol. The van der Waals surface area contributed by atoms with Crippen LogP contribution in [-0.2, 0) is 0 Å². The van der Waals surface area contributed by atoms with Crippen molar-refractivity contribution >= 4 is 17.2 Å². The molecule has 138 valence electrons. The number of aryl methyl sites for hydroxylation is 4. The molecule has 0 saturated heterocycles. The van der Waals surface area contributed by atoms with Crippen molar-refractivity contribution in [2.75, 3.05) is 5.32 Å². The maximum atomic E-state index is 11.7. The average molecular weight is 364 g/mol. The Bertz CT molecular complexity index is 998. The van der Waals surface area contributed by atoms with Crippen molar-refractivity contribution in [3.8, 4) is 11.6 Å². The van der Waals surface area contributed by atoms with Gasteiger partial charge in [0.15, 0.2) is 0 Å². The lowest BCUT2D eigenvalue weighted by Gasteiger charge is -2.11. The number of ether oxygens (including phenoxy) is 1. The summed E-state index contributed by atoms with van der Waals surface area (Å²) in [5, 5.41) is 14.7. The van der Waals surface area contributed by atoms with E-state index in [1.165, 1.54) is 6.33 Å². The Balaban J connectivity index is 1.99. The number of nitro groups is 1. The lowest BCUT2D eigenvalue weighted by molar-refractivity contribution is -0.385. The molecule has 1 aromatic heterocycles. The number of nitrogens with one attached hydrogen (secondary N) is 1. The van der Waals surface area contributed by atoms with Crippen molar-refractivity contribution < 1.29 is 9.66 Å². The predicted molar refractivity (Wildman–Crippen MR) is 104 cm³/mol. The zero-order valence-corrected chi connectivity index (χ0v) is 15.6. The smallest absolute Gasteiger partial charge is 0.373 e. The molecule has 7 nitrogen and oxygen atoms in total. The maximum Gasteiger partial charge on any atom is 0.373 e. The monoisotopic (exact) mass is 364 g/mol. The van der Waals surface area contributed by atoms with Crippen LogP contribution in [0.5, 0.6) is 11.6 Å². The van der Waals surface area contributed by atoms with E-state index >= 15 is 0 Å². The first-order valence-electron chi connectivity index (χ1n) is 8.43. The molecule has 0 spiro atoms. The quantitative estimate of drug-likeness (QED) is 0.497. The lowest BCUT2D eigenvalue weighted by Crippen LogP contribution is -2.04. The minimum atomic E-state index is -0.540. The molecule has 3 aromatic rings. The Hall–Kier alpha value is -3.48. The molecule has 27 heavy (non-hydrogen) atoms. The number of aromatic nitrogens is 2. The van der Waals surface area contributed by atoms with Crippen LogP contribution in [0.2, 0.25) is 0 Å². The van der Waals surface area contributed by atoms with Gasteiger partial charge < -0.3 is 10.1 Å². The van der Waals surface area contributed by atoms with E-state index in [0.717, 1.165) is 22.3 Å². The van der Waals surface area contributed by atoms with Crippen LogP contribution in [0.3, 0.4) is 0 Å². The summed E-state index contributed by atoms with van der Waals surface area (Å²) in [6.07, 6.45) is 1.24. The predicted octanol–water partition coefficient (Wildman–Crippen LogP) is 5.15. The summed E-state index contributed by atoms with van der Waals surface area (Å²) in [6.45, 7) is 7.84. The van der Waals surface area contributed by atoms with Gasteiger partial charge in [0.25, 0.3) is 0 Å². The fourth-order valence-electron chi connectivity index (χ4n) is 2.75. The second-order valence-corrected chi connectivity index (χ2v) is 6.48. The molecule has 0 radical (unpaired) electrons. The highest BCUT2D eigenvalue weighted by molar-refractivity contribution is 5.69. The third kappa shape index (κ3) is 4.20. The van der Waals surface area contributed by atoms with Crippen molar-refractivity contribution in [2.24, 2.45) is 0 Å². The standard InChI is InChI=1S/C20H20N4O3/c1-12-7-13(2)9-17(8-12)27-20-18(24(25)26)19(21-11-22-20)23-16-6-5-14(3)15(4)10-16/h5-11H,1-4H3,(H,21,22,23). The normalized spacial score (nSPS) is 10.5. The van der Waals surface area contributed by atoms with Crippen molar-refractivity contribution in [3.63, 3.8) is 0 Å². The summed E-state index contributed by atoms with van der Waals surface area (Å²) in [6, 6.07) is 11.3.